The highest BCUT2D eigenvalue weighted by molar-refractivity contribution is 5.88. The number of aromatic carboxylic acids is 1. The Morgan fingerprint density at radius 3 is 2.33 bits per heavy atom. The van der Waals surface area contributed by atoms with Crippen molar-refractivity contribution in [3.05, 3.63) is 35.4 Å². The van der Waals surface area contributed by atoms with Crippen LogP contribution in [0.5, 0.6) is 0 Å². The van der Waals surface area contributed by atoms with Crippen LogP contribution in [0.15, 0.2) is 24.3 Å². The Bertz CT molecular complexity index is 532. The lowest BCUT2D eigenvalue weighted by molar-refractivity contribution is -0.151. The smallest absolute Gasteiger partial charge is 0.335 e. The lowest BCUT2D eigenvalue weighted by Crippen LogP contribution is -2.30. The van der Waals surface area contributed by atoms with Gasteiger partial charge in [0.25, 0.3) is 0 Å². The second kappa shape index (κ2) is 6.06. The molecule has 1 saturated heterocycles. The van der Waals surface area contributed by atoms with Crippen LogP contribution in [0.2, 0.25) is 0 Å². The van der Waals surface area contributed by atoms with Gasteiger partial charge in [-0.1, -0.05) is 18.6 Å². The Kier molecular flexibility index (Phi) is 4.57. The Morgan fingerprint density at radius 2 is 1.76 bits per heavy atom. The molecule has 2 fully saturated rings. The number of ether oxygens (including phenoxy) is 1. The van der Waals surface area contributed by atoms with Gasteiger partial charge in [0.2, 0.25) is 0 Å². The highest BCUT2D eigenvalue weighted by Gasteiger charge is 2.47. The minimum atomic E-state index is -0.950. The standard InChI is InChI=1S/C16H18O4.ClH/c17-14(18)12-6-4-11(5-7-12)13-10-16(20-15(13)19)8-2-1-3-9-16;/h4-7,13H,1-3,8-10H2,(H,17,18);1H. The SMILES string of the molecule is Cl.O=C(O)c1ccc(C2CC3(CCCCC3)OC2=O)cc1. The molecule has 0 bridgehead atoms. The van der Waals surface area contributed by atoms with Crippen molar-refractivity contribution in [2.45, 2.75) is 50.0 Å². The number of carboxylic acid groups (broad SMARTS) is 1. The zero-order valence-corrected chi connectivity index (χ0v) is 12.5. The molecule has 1 unspecified atom stereocenters. The molecule has 0 amide bonds. The molecule has 1 heterocycles. The van der Waals surface area contributed by atoms with Crippen LogP contribution in [0.1, 0.15) is 60.4 Å². The van der Waals surface area contributed by atoms with E-state index >= 15 is 0 Å². The molecule has 1 aliphatic carbocycles. The van der Waals surface area contributed by atoms with E-state index in [9.17, 15) is 9.59 Å². The van der Waals surface area contributed by atoms with Crippen LogP contribution >= 0.6 is 12.4 Å². The number of carboxylic acids is 1. The summed E-state index contributed by atoms with van der Waals surface area (Å²) in [6.45, 7) is 0. The van der Waals surface area contributed by atoms with Crippen molar-refractivity contribution in [2.24, 2.45) is 0 Å². The van der Waals surface area contributed by atoms with Gasteiger partial charge in [-0.15, -0.1) is 12.4 Å². The summed E-state index contributed by atoms with van der Waals surface area (Å²) in [6.07, 6.45) is 6.12. The first-order valence-corrected chi connectivity index (χ1v) is 7.16. The minimum absolute atomic E-state index is 0. The van der Waals surface area contributed by atoms with Crippen LogP contribution in [-0.2, 0) is 9.53 Å². The first-order valence-electron chi connectivity index (χ1n) is 7.16. The van der Waals surface area contributed by atoms with Crippen molar-refractivity contribution in [1.82, 2.24) is 0 Å². The maximum absolute atomic E-state index is 12.1. The maximum atomic E-state index is 12.1. The number of hydrogen-bond acceptors (Lipinski definition) is 3. The van der Waals surface area contributed by atoms with E-state index in [1.807, 2.05) is 0 Å². The molecular formula is C16H19ClO4. The molecule has 2 aliphatic rings. The number of carbonyl (C=O) groups excluding carboxylic acids is 1. The van der Waals surface area contributed by atoms with Crippen LogP contribution in [-0.4, -0.2) is 22.6 Å². The summed E-state index contributed by atoms with van der Waals surface area (Å²) in [5.74, 6) is -1.35. The second-order valence-electron chi connectivity index (χ2n) is 5.85. The molecule has 5 heteroatoms. The van der Waals surface area contributed by atoms with Gasteiger partial charge in [0, 0.05) is 6.42 Å². The van der Waals surface area contributed by atoms with Crippen LogP contribution < -0.4 is 0 Å². The molecule has 114 valence electrons. The highest BCUT2D eigenvalue weighted by Crippen LogP contribution is 2.45. The monoisotopic (exact) mass is 310 g/mol. The summed E-state index contributed by atoms with van der Waals surface area (Å²) in [6, 6.07) is 6.57. The second-order valence-corrected chi connectivity index (χ2v) is 5.85. The Morgan fingerprint density at radius 1 is 1.14 bits per heavy atom. The molecule has 4 nitrogen and oxygen atoms in total. The van der Waals surface area contributed by atoms with Crippen molar-refractivity contribution in [2.75, 3.05) is 0 Å². The molecule has 0 aromatic heterocycles. The third-order valence-electron chi connectivity index (χ3n) is 4.50. The van der Waals surface area contributed by atoms with Gasteiger partial charge >= 0.3 is 11.9 Å². The lowest BCUT2D eigenvalue weighted by atomic mass is 9.79. The predicted octanol–water partition coefficient (Wildman–Crippen LogP) is 3.54. The first kappa shape index (κ1) is 15.8. The zero-order chi connectivity index (χ0) is 14.2. The summed E-state index contributed by atoms with van der Waals surface area (Å²) >= 11 is 0. The Labute approximate surface area is 129 Å². The van der Waals surface area contributed by atoms with Gasteiger partial charge in [-0.2, -0.15) is 0 Å². The van der Waals surface area contributed by atoms with E-state index in [1.54, 1.807) is 24.3 Å². The van der Waals surface area contributed by atoms with Crippen molar-refractivity contribution < 1.29 is 19.4 Å². The van der Waals surface area contributed by atoms with Gasteiger partial charge in [-0.3, -0.25) is 4.79 Å². The van der Waals surface area contributed by atoms with E-state index in [4.69, 9.17) is 9.84 Å². The van der Waals surface area contributed by atoms with Crippen LogP contribution in [0.3, 0.4) is 0 Å². The van der Waals surface area contributed by atoms with Gasteiger partial charge in [0.05, 0.1) is 11.5 Å². The van der Waals surface area contributed by atoms with E-state index in [1.165, 1.54) is 6.42 Å². The van der Waals surface area contributed by atoms with Crippen molar-refractivity contribution in [1.29, 1.82) is 0 Å². The van der Waals surface area contributed by atoms with E-state index in [0.717, 1.165) is 37.7 Å². The quantitative estimate of drug-likeness (QED) is 0.849. The number of esters is 1. The largest absolute Gasteiger partial charge is 0.478 e. The molecule has 3 rings (SSSR count). The average molecular weight is 311 g/mol. The molecule has 1 aromatic carbocycles. The normalized spacial score (nSPS) is 23.4. The molecular weight excluding hydrogens is 292 g/mol. The third-order valence-corrected chi connectivity index (χ3v) is 4.50. The fourth-order valence-electron chi connectivity index (χ4n) is 3.40. The fourth-order valence-corrected chi connectivity index (χ4v) is 3.40. The summed E-state index contributed by atoms with van der Waals surface area (Å²) in [5.41, 5.74) is 0.848. The molecule has 21 heavy (non-hydrogen) atoms. The van der Waals surface area contributed by atoms with Crippen LogP contribution in [0.4, 0.5) is 0 Å². The predicted molar refractivity (Wildman–Crippen MR) is 79.9 cm³/mol. The summed E-state index contributed by atoms with van der Waals surface area (Å²) in [7, 11) is 0. The summed E-state index contributed by atoms with van der Waals surface area (Å²) < 4.78 is 5.68. The van der Waals surface area contributed by atoms with Crippen LogP contribution in [0.25, 0.3) is 0 Å². The van der Waals surface area contributed by atoms with Crippen molar-refractivity contribution in [3.63, 3.8) is 0 Å². The Hall–Kier alpha value is -1.55. The highest BCUT2D eigenvalue weighted by atomic mass is 35.5. The van der Waals surface area contributed by atoms with E-state index < -0.39 is 5.97 Å². The van der Waals surface area contributed by atoms with Gasteiger partial charge < -0.3 is 9.84 Å². The number of benzene rings is 1. The topological polar surface area (TPSA) is 63.6 Å². The minimum Gasteiger partial charge on any atom is -0.478 e. The molecule has 1 saturated carbocycles. The number of halogens is 1. The number of carbonyl (C=O) groups is 2. The molecule has 1 N–H and O–H groups in total. The summed E-state index contributed by atoms with van der Waals surface area (Å²) in [5, 5.41) is 8.90. The van der Waals surface area contributed by atoms with Gasteiger partial charge in [0.1, 0.15) is 5.60 Å². The third kappa shape index (κ3) is 3.05. The van der Waals surface area contributed by atoms with E-state index in [2.05, 4.69) is 0 Å². The average Bonchev–Trinajstić information content (AvgIpc) is 2.76. The van der Waals surface area contributed by atoms with Crippen molar-refractivity contribution in [3.8, 4) is 0 Å². The van der Waals surface area contributed by atoms with Gasteiger partial charge in [0.15, 0.2) is 0 Å². The fraction of sp³-hybridized carbons (Fsp3) is 0.500. The van der Waals surface area contributed by atoms with Gasteiger partial charge in [-0.05, 0) is 43.4 Å². The molecule has 1 atom stereocenters. The van der Waals surface area contributed by atoms with E-state index in [0.29, 0.717) is 0 Å². The first-order chi connectivity index (χ1) is 9.60. The lowest BCUT2D eigenvalue weighted by Gasteiger charge is -2.31. The zero-order valence-electron chi connectivity index (χ0n) is 11.7. The van der Waals surface area contributed by atoms with Crippen LogP contribution in [0, 0.1) is 0 Å². The van der Waals surface area contributed by atoms with E-state index in [-0.39, 0.29) is 35.5 Å². The Balaban J connectivity index is 0.00000161. The number of hydrogen-bond donors (Lipinski definition) is 1. The molecule has 1 spiro atoms. The molecule has 0 radical (unpaired) electrons. The van der Waals surface area contributed by atoms with Gasteiger partial charge in [-0.25, -0.2) is 4.79 Å². The number of rotatable bonds is 2. The molecule has 1 aliphatic heterocycles. The van der Waals surface area contributed by atoms with Crippen molar-refractivity contribution >= 4 is 24.3 Å². The maximum Gasteiger partial charge on any atom is 0.335 e. The summed E-state index contributed by atoms with van der Waals surface area (Å²) in [4.78, 5) is 23.0. The molecule has 1 aromatic rings.